The van der Waals surface area contributed by atoms with E-state index in [9.17, 15) is 0 Å². The summed E-state index contributed by atoms with van der Waals surface area (Å²) in [6, 6.07) is 3.86. The number of oxazole rings is 1. The third-order valence-corrected chi connectivity index (χ3v) is 4.74. The molecule has 1 aromatic heterocycles. The molecule has 1 aromatic carbocycles. The maximum absolute atomic E-state index is 6.33. The first kappa shape index (κ1) is 15.0. The van der Waals surface area contributed by atoms with E-state index in [1.165, 1.54) is 12.8 Å². The minimum atomic E-state index is 0.237. The van der Waals surface area contributed by atoms with E-state index < -0.39 is 0 Å². The highest BCUT2D eigenvalue weighted by atomic mass is 35.5. The van der Waals surface area contributed by atoms with Crippen molar-refractivity contribution in [2.45, 2.75) is 44.6 Å². The summed E-state index contributed by atoms with van der Waals surface area (Å²) in [6.45, 7) is 4.03. The molecule has 1 saturated heterocycles. The molecule has 1 saturated carbocycles. The van der Waals surface area contributed by atoms with Crippen LogP contribution in [0.5, 0.6) is 5.75 Å². The van der Waals surface area contributed by atoms with Gasteiger partial charge in [-0.1, -0.05) is 11.6 Å². The topological polar surface area (TPSA) is 47.3 Å². The Morgan fingerprint density at radius 1 is 1.22 bits per heavy atom. The van der Waals surface area contributed by atoms with Crippen LogP contribution in [-0.2, 0) is 0 Å². The Kier molecular flexibility index (Phi) is 4.04. The van der Waals surface area contributed by atoms with E-state index in [4.69, 9.17) is 20.8 Å². The summed E-state index contributed by atoms with van der Waals surface area (Å²) in [5.41, 5.74) is 1.95. The summed E-state index contributed by atoms with van der Waals surface area (Å²) in [4.78, 5) is 4.43. The predicted octanol–water partition coefficient (Wildman–Crippen LogP) is 4.31. The van der Waals surface area contributed by atoms with Crippen LogP contribution in [0.2, 0.25) is 5.02 Å². The average molecular weight is 333 g/mol. The van der Waals surface area contributed by atoms with Crippen LogP contribution in [0.25, 0.3) is 11.3 Å². The van der Waals surface area contributed by atoms with Crippen molar-refractivity contribution in [2.75, 3.05) is 13.1 Å². The van der Waals surface area contributed by atoms with Crippen molar-refractivity contribution in [3.05, 3.63) is 34.8 Å². The van der Waals surface area contributed by atoms with Gasteiger partial charge in [0.25, 0.3) is 0 Å². The zero-order valence-corrected chi connectivity index (χ0v) is 14.0. The van der Waals surface area contributed by atoms with E-state index in [0.29, 0.717) is 10.9 Å². The summed E-state index contributed by atoms with van der Waals surface area (Å²) in [7, 11) is 0. The van der Waals surface area contributed by atoms with Crippen molar-refractivity contribution in [2.24, 2.45) is 0 Å². The standard InChI is InChI=1S/C18H21ClN2O2/c1-11-8-13(19)9-15(16-10-21-18(23-16)12-2-3-12)17(11)22-14-4-6-20-7-5-14/h8-10,12,14,20H,2-7H2,1H3. The van der Waals surface area contributed by atoms with Gasteiger partial charge in [-0.2, -0.15) is 0 Å². The highest BCUT2D eigenvalue weighted by molar-refractivity contribution is 6.31. The van der Waals surface area contributed by atoms with Gasteiger partial charge in [0.1, 0.15) is 11.9 Å². The van der Waals surface area contributed by atoms with Gasteiger partial charge in [-0.3, -0.25) is 0 Å². The second-order valence-electron chi connectivity index (χ2n) is 6.50. The molecule has 2 heterocycles. The highest BCUT2D eigenvalue weighted by Gasteiger charge is 2.29. The average Bonchev–Trinajstić information content (AvgIpc) is 3.28. The van der Waals surface area contributed by atoms with E-state index in [2.05, 4.69) is 10.3 Å². The maximum atomic E-state index is 6.33. The lowest BCUT2D eigenvalue weighted by molar-refractivity contribution is 0.162. The minimum Gasteiger partial charge on any atom is -0.489 e. The van der Waals surface area contributed by atoms with Gasteiger partial charge in [-0.15, -0.1) is 0 Å². The second kappa shape index (κ2) is 6.17. The second-order valence-corrected chi connectivity index (χ2v) is 6.94. The fourth-order valence-corrected chi connectivity index (χ4v) is 3.35. The van der Waals surface area contributed by atoms with Crippen LogP contribution < -0.4 is 10.1 Å². The molecule has 23 heavy (non-hydrogen) atoms. The molecule has 0 spiro atoms. The lowest BCUT2D eigenvalue weighted by Gasteiger charge is -2.25. The number of nitrogens with one attached hydrogen (secondary N) is 1. The molecule has 0 radical (unpaired) electrons. The van der Waals surface area contributed by atoms with Gasteiger partial charge < -0.3 is 14.5 Å². The first-order chi connectivity index (χ1) is 11.2. The molecular formula is C18H21ClN2O2. The first-order valence-electron chi connectivity index (χ1n) is 8.34. The molecule has 0 unspecified atom stereocenters. The molecule has 0 amide bonds. The number of nitrogens with zero attached hydrogens (tertiary/aromatic N) is 1. The summed E-state index contributed by atoms with van der Waals surface area (Å²) in [5.74, 6) is 2.96. The van der Waals surface area contributed by atoms with Crippen LogP contribution in [-0.4, -0.2) is 24.2 Å². The SMILES string of the molecule is Cc1cc(Cl)cc(-c2cnc(C3CC3)o2)c1OC1CCNCC1. The van der Waals surface area contributed by atoms with E-state index in [0.717, 1.165) is 54.5 Å². The number of ether oxygens (including phenoxy) is 1. The lowest BCUT2D eigenvalue weighted by Crippen LogP contribution is -2.34. The number of aryl methyl sites for hydroxylation is 1. The Balaban J connectivity index is 1.68. The molecule has 5 heteroatoms. The molecule has 1 aliphatic heterocycles. The monoisotopic (exact) mass is 332 g/mol. The molecule has 0 atom stereocenters. The third-order valence-electron chi connectivity index (χ3n) is 4.53. The van der Waals surface area contributed by atoms with E-state index >= 15 is 0 Å². The van der Waals surface area contributed by atoms with E-state index in [1.807, 2.05) is 19.1 Å². The number of hydrogen-bond acceptors (Lipinski definition) is 4. The van der Waals surface area contributed by atoms with Crippen LogP contribution in [0.4, 0.5) is 0 Å². The van der Waals surface area contributed by atoms with Crippen LogP contribution in [0, 0.1) is 6.92 Å². The van der Waals surface area contributed by atoms with Gasteiger partial charge in [0, 0.05) is 10.9 Å². The summed E-state index contributed by atoms with van der Waals surface area (Å²) in [5, 5.41) is 4.06. The Hall–Kier alpha value is -1.52. The number of rotatable bonds is 4. The largest absolute Gasteiger partial charge is 0.489 e. The number of benzene rings is 1. The number of aromatic nitrogens is 1. The Morgan fingerprint density at radius 2 is 2.00 bits per heavy atom. The summed E-state index contributed by atoms with van der Waals surface area (Å²) < 4.78 is 12.3. The van der Waals surface area contributed by atoms with Crippen molar-refractivity contribution in [1.82, 2.24) is 10.3 Å². The quantitative estimate of drug-likeness (QED) is 0.906. The van der Waals surface area contributed by atoms with Crippen LogP contribution in [0.1, 0.15) is 43.1 Å². The number of piperidine rings is 1. The van der Waals surface area contributed by atoms with Gasteiger partial charge in [0.15, 0.2) is 11.7 Å². The normalized spacial score (nSPS) is 19.0. The van der Waals surface area contributed by atoms with Crippen LogP contribution in [0.15, 0.2) is 22.7 Å². The zero-order chi connectivity index (χ0) is 15.8. The smallest absolute Gasteiger partial charge is 0.198 e. The summed E-state index contributed by atoms with van der Waals surface area (Å²) >= 11 is 6.27. The zero-order valence-electron chi connectivity index (χ0n) is 13.3. The van der Waals surface area contributed by atoms with Crippen molar-refractivity contribution >= 4 is 11.6 Å². The van der Waals surface area contributed by atoms with Gasteiger partial charge in [-0.25, -0.2) is 4.98 Å². The number of hydrogen-bond donors (Lipinski definition) is 1. The highest BCUT2D eigenvalue weighted by Crippen LogP contribution is 2.43. The fourth-order valence-electron chi connectivity index (χ4n) is 3.08. The number of halogens is 1. The molecule has 4 rings (SSSR count). The molecule has 122 valence electrons. The fraction of sp³-hybridized carbons (Fsp3) is 0.500. The van der Waals surface area contributed by atoms with Gasteiger partial charge in [0.05, 0.1) is 11.8 Å². The van der Waals surface area contributed by atoms with Crippen molar-refractivity contribution in [3.63, 3.8) is 0 Å². The lowest BCUT2D eigenvalue weighted by atomic mass is 10.1. The maximum Gasteiger partial charge on any atom is 0.198 e. The van der Waals surface area contributed by atoms with Crippen LogP contribution in [0.3, 0.4) is 0 Å². The van der Waals surface area contributed by atoms with Crippen LogP contribution >= 0.6 is 11.6 Å². The Morgan fingerprint density at radius 3 is 2.74 bits per heavy atom. The molecule has 0 bridgehead atoms. The van der Waals surface area contributed by atoms with Crippen molar-refractivity contribution in [3.8, 4) is 17.1 Å². The van der Waals surface area contributed by atoms with E-state index in [-0.39, 0.29) is 6.10 Å². The molecule has 1 aliphatic carbocycles. The Labute approximate surface area is 141 Å². The third kappa shape index (κ3) is 3.24. The minimum absolute atomic E-state index is 0.237. The van der Waals surface area contributed by atoms with Gasteiger partial charge in [0.2, 0.25) is 0 Å². The van der Waals surface area contributed by atoms with Crippen molar-refractivity contribution < 1.29 is 9.15 Å². The summed E-state index contributed by atoms with van der Waals surface area (Å²) in [6.07, 6.45) is 6.42. The Bertz CT molecular complexity index is 703. The molecule has 2 fully saturated rings. The first-order valence-corrected chi connectivity index (χ1v) is 8.72. The molecule has 1 N–H and O–H groups in total. The van der Waals surface area contributed by atoms with Gasteiger partial charge in [-0.05, 0) is 63.4 Å². The van der Waals surface area contributed by atoms with Gasteiger partial charge >= 0.3 is 0 Å². The molecule has 2 aliphatic rings. The predicted molar refractivity (Wildman–Crippen MR) is 90.2 cm³/mol. The molecule has 2 aromatic rings. The van der Waals surface area contributed by atoms with Crippen molar-refractivity contribution in [1.29, 1.82) is 0 Å². The molecular weight excluding hydrogens is 312 g/mol. The van der Waals surface area contributed by atoms with E-state index in [1.54, 1.807) is 6.20 Å². The molecule has 4 nitrogen and oxygen atoms in total.